The fraction of sp³-hybridized carbons (Fsp3) is 0.286. The van der Waals surface area contributed by atoms with Gasteiger partial charge in [0.1, 0.15) is 10.7 Å². The normalized spacial score (nSPS) is 11.6. The summed E-state index contributed by atoms with van der Waals surface area (Å²) >= 11 is 3.16. The maximum absolute atomic E-state index is 12.5. The van der Waals surface area contributed by atoms with Crippen LogP contribution in [0.2, 0.25) is 0 Å². The van der Waals surface area contributed by atoms with E-state index in [1.54, 1.807) is 19.2 Å². The van der Waals surface area contributed by atoms with E-state index < -0.39 is 10.0 Å². The van der Waals surface area contributed by atoms with Crippen LogP contribution in [-0.4, -0.2) is 15.5 Å². The van der Waals surface area contributed by atoms with Gasteiger partial charge in [0.05, 0.1) is 12.2 Å². The van der Waals surface area contributed by atoms with Crippen LogP contribution in [0.1, 0.15) is 18.2 Å². The maximum Gasteiger partial charge on any atom is 0.266 e. The number of hydrogen-bond acceptors (Lipinski definition) is 4. The molecule has 5 nitrogen and oxygen atoms in total. The van der Waals surface area contributed by atoms with Gasteiger partial charge in [-0.05, 0) is 41.0 Å². The number of sulfonamides is 1. The van der Waals surface area contributed by atoms with Gasteiger partial charge in [0.2, 0.25) is 0 Å². The smallest absolute Gasteiger partial charge is 0.266 e. The van der Waals surface area contributed by atoms with Crippen molar-refractivity contribution in [2.75, 3.05) is 11.8 Å². The lowest BCUT2D eigenvalue weighted by atomic mass is 10.1. The number of hydrogen-bond donors (Lipinski definition) is 2. The summed E-state index contributed by atoms with van der Waals surface area (Å²) in [6, 6.07) is 8.84. The molecule has 114 valence electrons. The molecule has 1 aromatic carbocycles. The molecule has 0 radical (unpaired) electrons. The largest absolute Gasteiger partial charge is 0.451 e. The van der Waals surface area contributed by atoms with E-state index in [-0.39, 0.29) is 9.56 Å². The molecule has 0 spiro atoms. The minimum Gasteiger partial charge on any atom is -0.451 e. The Morgan fingerprint density at radius 2 is 2.00 bits per heavy atom. The topological polar surface area (TPSA) is 71.3 Å². The van der Waals surface area contributed by atoms with Crippen molar-refractivity contribution in [2.24, 2.45) is 0 Å². The Hall–Kier alpha value is -1.31. The van der Waals surface area contributed by atoms with Crippen molar-refractivity contribution in [1.29, 1.82) is 0 Å². The van der Waals surface area contributed by atoms with Gasteiger partial charge in [0.15, 0.2) is 4.67 Å². The van der Waals surface area contributed by atoms with E-state index in [0.29, 0.717) is 18.0 Å². The Morgan fingerprint density at radius 3 is 2.67 bits per heavy atom. The predicted molar refractivity (Wildman–Crippen MR) is 85.8 cm³/mol. The highest BCUT2D eigenvalue weighted by molar-refractivity contribution is 9.10. The summed E-state index contributed by atoms with van der Waals surface area (Å²) in [5.41, 5.74) is 1.53. The van der Waals surface area contributed by atoms with Gasteiger partial charge in [-0.25, -0.2) is 8.42 Å². The van der Waals surface area contributed by atoms with Crippen molar-refractivity contribution in [1.82, 2.24) is 5.32 Å². The Bertz CT molecular complexity index is 726. The summed E-state index contributed by atoms with van der Waals surface area (Å²) in [6.07, 6.45) is 0.746. The van der Waals surface area contributed by atoms with E-state index in [4.69, 9.17) is 4.42 Å². The van der Waals surface area contributed by atoms with Gasteiger partial charge < -0.3 is 9.73 Å². The minimum atomic E-state index is -3.69. The number of halogens is 1. The van der Waals surface area contributed by atoms with Gasteiger partial charge in [-0.3, -0.25) is 4.72 Å². The third kappa shape index (κ3) is 3.66. The molecular formula is C14H17BrN2O3S. The Labute approximate surface area is 132 Å². The van der Waals surface area contributed by atoms with E-state index in [2.05, 4.69) is 26.0 Å². The van der Waals surface area contributed by atoms with Crippen molar-refractivity contribution in [3.05, 3.63) is 46.3 Å². The molecule has 2 aromatic rings. The van der Waals surface area contributed by atoms with Crippen LogP contribution in [-0.2, 0) is 23.0 Å². The summed E-state index contributed by atoms with van der Waals surface area (Å²) in [7, 11) is -1.93. The van der Waals surface area contributed by atoms with Crippen LogP contribution in [0, 0.1) is 0 Å². The highest BCUT2D eigenvalue weighted by atomic mass is 79.9. The molecule has 0 unspecified atom stereocenters. The molecule has 1 aromatic heterocycles. The molecular weight excluding hydrogens is 356 g/mol. The zero-order valence-corrected chi connectivity index (χ0v) is 14.2. The van der Waals surface area contributed by atoms with Crippen LogP contribution < -0.4 is 10.0 Å². The number of benzene rings is 1. The number of para-hydroxylation sites is 1. The van der Waals surface area contributed by atoms with Crippen molar-refractivity contribution in [3.63, 3.8) is 0 Å². The number of furan rings is 1. The van der Waals surface area contributed by atoms with Crippen LogP contribution in [0.25, 0.3) is 0 Å². The first-order chi connectivity index (χ1) is 9.97. The molecule has 0 saturated heterocycles. The van der Waals surface area contributed by atoms with E-state index in [0.717, 1.165) is 12.0 Å². The van der Waals surface area contributed by atoms with Crippen LogP contribution in [0.5, 0.6) is 0 Å². The quantitative estimate of drug-likeness (QED) is 0.816. The standard InChI is InChI=1S/C14H17BrN2O3S/c1-3-10-6-4-5-7-12(10)17-21(18,19)13-8-11(9-16-2)20-14(13)15/h4-8,16-17H,3,9H2,1-2H3. The Balaban J connectivity index is 2.34. The van der Waals surface area contributed by atoms with Gasteiger partial charge in [-0.15, -0.1) is 0 Å². The van der Waals surface area contributed by atoms with Crippen LogP contribution >= 0.6 is 15.9 Å². The molecule has 0 fully saturated rings. The van der Waals surface area contributed by atoms with Crippen molar-refractivity contribution < 1.29 is 12.8 Å². The van der Waals surface area contributed by atoms with Crippen molar-refractivity contribution in [2.45, 2.75) is 24.8 Å². The molecule has 7 heteroatoms. The molecule has 0 aliphatic rings. The van der Waals surface area contributed by atoms with E-state index in [1.807, 2.05) is 19.1 Å². The first-order valence-electron chi connectivity index (χ1n) is 6.51. The van der Waals surface area contributed by atoms with Gasteiger partial charge in [0, 0.05) is 6.07 Å². The molecule has 21 heavy (non-hydrogen) atoms. The molecule has 0 saturated carbocycles. The second-order valence-corrected chi connectivity index (χ2v) is 6.87. The molecule has 0 aliphatic carbocycles. The van der Waals surface area contributed by atoms with Crippen LogP contribution in [0.15, 0.2) is 44.3 Å². The van der Waals surface area contributed by atoms with Gasteiger partial charge in [-0.2, -0.15) is 0 Å². The zero-order chi connectivity index (χ0) is 15.5. The lowest BCUT2D eigenvalue weighted by molar-refractivity contribution is 0.470. The predicted octanol–water partition coefficient (Wildman–Crippen LogP) is 3.12. The lowest BCUT2D eigenvalue weighted by Gasteiger charge is -2.10. The molecule has 0 aliphatic heterocycles. The molecule has 0 bridgehead atoms. The monoisotopic (exact) mass is 372 g/mol. The minimum absolute atomic E-state index is 0.0960. The van der Waals surface area contributed by atoms with E-state index >= 15 is 0 Å². The summed E-state index contributed by atoms with van der Waals surface area (Å²) in [4.78, 5) is 0.0960. The second-order valence-electron chi connectivity index (χ2n) is 4.50. The first kappa shape index (κ1) is 16.1. The van der Waals surface area contributed by atoms with Crippen molar-refractivity contribution in [3.8, 4) is 0 Å². The second kappa shape index (κ2) is 6.64. The Kier molecular flexibility index (Phi) is 5.08. The highest BCUT2D eigenvalue weighted by Crippen LogP contribution is 2.28. The summed E-state index contributed by atoms with van der Waals surface area (Å²) in [5.74, 6) is 0.550. The molecule has 1 heterocycles. The zero-order valence-electron chi connectivity index (χ0n) is 11.8. The number of aryl methyl sites for hydroxylation is 1. The third-order valence-electron chi connectivity index (χ3n) is 2.99. The SMILES string of the molecule is CCc1ccccc1NS(=O)(=O)c1cc(CNC)oc1Br. The Morgan fingerprint density at radius 1 is 1.29 bits per heavy atom. The van der Waals surface area contributed by atoms with E-state index in [9.17, 15) is 8.42 Å². The first-order valence-corrected chi connectivity index (χ1v) is 8.79. The summed E-state index contributed by atoms with van der Waals surface area (Å²) < 4.78 is 33.2. The fourth-order valence-corrected chi connectivity index (χ4v) is 4.07. The fourth-order valence-electron chi connectivity index (χ4n) is 1.97. The summed E-state index contributed by atoms with van der Waals surface area (Å²) in [6.45, 7) is 2.44. The highest BCUT2D eigenvalue weighted by Gasteiger charge is 2.23. The average molecular weight is 373 g/mol. The third-order valence-corrected chi connectivity index (χ3v) is 5.21. The van der Waals surface area contributed by atoms with Crippen LogP contribution in [0.4, 0.5) is 5.69 Å². The lowest BCUT2D eigenvalue weighted by Crippen LogP contribution is -2.14. The van der Waals surface area contributed by atoms with Gasteiger partial charge in [-0.1, -0.05) is 25.1 Å². The average Bonchev–Trinajstić information content (AvgIpc) is 2.81. The maximum atomic E-state index is 12.5. The van der Waals surface area contributed by atoms with Crippen LogP contribution in [0.3, 0.4) is 0 Å². The molecule has 2 N–H and O–H groups in total. The van der Waals surface area contributed by atoms with E-state index in [1.165, 1.54) is 6.07 Å². The number of rotatable bonds is 6. The molecule has 2 rings (SSSR count). The molecule has 0 amide bonds. The number of nitrogens with one attached hydrogen (secondary N) is 2. The van der Waals surface area contributed by atoms with Gasteiger partial charge >= 0.3 is 0 Å². The van der Waals surface area contributed by atoms with Crippen molar-refractivity contribution >= 4 is 31.6 Å². The van der Waals surface area contributed by atoms with Gasteiger partial charge in [0.25, 0.3) is 10.0 Å². The number of anilines is 1. The molecule has 0 atom stereocenters. The summed E-state index contributed by atoms with van der Waals surface area (Å²) in [5, 5.41) is 2.91.